The molecule has 0 amide bonds. The van der Waals surface area contributed by atoms with Gasteiger partial charge < -0.3 is 29.5 Å². The summed E-state index contributed by atoms with van der Waals surface area (Å²) in [6.45, 7) is 0. The van der Waals surface area contributed by atoms with Crippen LogP contribution < -0.4 is 0 Å². The van der Waals surface area contributed by atoms with Crippen LogP contribution in [0.2, 0.25) is 0 Å². The molecule has 3 N–H and O–H groups in total. The van der Waals surface area contributed by atoms with Crippen LogP contribution in [0.3, 0.4) is 0 Å². The molecule has 35 heavy (non-hydrogen) atoms. The fourth-order valence-corrected chi connectivity index (χ4v) is 6.85. The van der Waals surface area contributed by atoms with E-state index in [1.54, 1.807) is 0 Å². The third kappa shape index (κ3) is 24.6. The summed E-state index contributed by atoms with van der Waals surface area (Å²) in [4.78, 5) is 64.4. The molecule has 0 fully saturated rings. The Morgan fingerprint density at radius 3 is 0.829 bits per heavy atom. The number of carbonyl (C=O) groups is 6. The van der Waals surface area contributed by atoms with Gasteiger partial charge in [-0.25, -0.2) is 0 Å². The first-order valence-electron chi connectivity index (χ1n) is 10.8. The monoisotopic (exact) mass is 542 g/mol. The summed E-state index contributed by atoms with van der Waals surface area (Å²) in [5, 5.41) is 25.5. The van der Waals surface area contributed by atoms with Gasteiger partial charge in [0.15, 0.2) is 0 Å². The molecule has 0 saturated heterocycles. The lowest BCUT2D eigenvalue weighted by atomic mass is 10.5. The minimum Gasteiger partial charge on any atom is -0.481 e. The first kappa shape index (κ1) is 34.8. The second kappa shape index (κ2) is 22.2. The predicted molar refractivity (Wildman–Crippen MR) is 130 cm³/mol. The number of carboxylic acids is 3. The number of hydrogen-bond acceptors (Lipinski definition) is 9. The van der Waals surface area contributed by atoms with Crippen LogP contribution in [0, 0.1) is 0 Å². The van der Waals surface area contributed by atoms with Crippen molar-refractivity contribution in [3.05, 3.63) is 0 Å². The van der Waals surface area contributed by atoms with Crippen molar-refractivity contribution in [3.8, 4) is 0 Å². The van der Waals surface area contributed by atoms with Crippen molar-refractivity contribution < 1.29 is 58.3 Å². The van der Waals surface area contributed by atoms with Gasteiger partial charge in [0.2, 0.25) is 0 Å². The maximum atomic E-state index is 11.1. The second-order valence-corrected chi connectivity index (χ2v) is 12.5. The van der Waals surface area contributed by atoms with Crippen LogP contribution in [0.15, 0.2) is 0 Å². The van der Waals surface area contributed by atoms with Gasteiger partial charge in [-0.05, 0) is 37.0 Å². The van der Waals surface area contributed by atoms with Gasteiger partial charge in [-0.15, -0.1) is 15.8 Å². The van der Waals surface area contributed by atoms with E-state index in [4.69, 9.17) is 15.3 Å². The summed E-state index contributed by atoms with van der Waals surface area (Å²) in [6, 6.07) is 0. The highest BCUT2D eigenvalue weighted by Gasteiger charge is 2.15. The largest absolute Gasteiger partial charge is 0.481 e. The van der Waals surface area contributed by atoms with Crippen molar-refractivity contribution in [1.29, 1.82) is 0 Å². The van der Waals surface area contributed by atoms with E-state index in [9.17, 15) is 28.8 Å². The Morgan fingerprint density at radius 2 is 0.657 bits per heavy atom. The molecule has 0 heterocycles. The number of esters is 3. The van der Waals surface area contributed by atoms with E-state index in [0.29, 0.717) is 56.2 Å². The Bertz CT molecular complexity index is 593. The van der Waals surface area contributed by atoms with Crippen molar-refractivity contribution >= 4 is 51.7 Å². The minimum atomic E-state index is -0.932. The molecule has 0 saturated carbocycles. The van der Waals surface area contributed by atoms with Gasteiger partial charge in [0.1, 0.15) is 0 Å². The molecule has 0 rings (SSSR count). The maximum Gasteiger partial charge on any atom is 0.305 e. The Labute approximate surface area is 207 Å². The number of rotatable bonds is 18. The van der Waals surface area contributed by atoms with E-state index in [2.05, 4.69) is 14.2 Å². The highest BCUT2D eigenvalue weighted by molar-refractivity contribution is 7.58. The Balaban J connectivity index is 0. The van der Waals surface area contributed by atoms with Crippen LogP contribution in [-0.4, -0.2) is 109 Å². The fraction of sp³-hybridized carbons (Fsp3) is 0.714. The van der Waals surface area contributed by atoms with Crippen LogP contribution in [0.25, 0.3) is 0 Å². The zero-order chi connectivity index (χ0) is 27.2. The standard InChI is InChI=1S/C12H21O6P.C9H15O6P/c1-16-10(13)4-7-19(8-5-11(14)17-2)9-6-12(15)18-3;10-7(11)1-4-16(5-2-8(12)13)6-3-9(14)15/h4-9H2,1-3H3;1-6H2,(H,10,11)(H,12,13)(H,14,15). The van der Waals surface area contributed by atoms with Gasteiger partial charge in [0, 0.05) is 38.5 Å². The first-order chi connectivity index (χ1) is 16.4. The molecule has 0 radical (unpaired) electrons. The lowest BCUT2D eigenvalue weighted by Crippen LogP contribution is -2.10. The molecule has 0 atom stereocenters. The minimum absolute atomic E-state index is 0.0229. The van der Waals surface area contributed by atoms with Crippen LogP contribution in [-0.2, 0) is 43.0 Å². The van der Waals surface area contributed by atoms with Gasteiger partial charge >= 0.3 is 35.8 Å². The molecule has 0 aromatic heterocycles. The molecule has 0 aromatic rings. The van der Waals surface area contributed by atoms with Crippen LogP contribution in [0.1, 0.15) is 38.5 Å². The van der Waals surface area contributed by atoms with Crippen LogP contribution >= 0.6 is 15.8 Å². The molecule has 0 bridgehead atoms. The molecule has 202 valence electrons. The fourth-order valence-electron chi connectivity index (χ4n) is 2.49. The van der Waals surface area contributed by atoms with Gasteiger partial charge in [-0.2, -0.15) is 0 Å². The number of carboxylic acid groups (broad SMARTS) is 3. The summed E-state index contributed by atoms with van der Waals surface area (Å²) in [6.07, 6.45) is 3.99. The highest BCUT2D eigenvalue weighted by Crippen LogP contribution is 2.38. The molecule has 0 aliphatic rings. The molecule has 0 aromatic carbocycles. The third-order valence-electron chi connectivity index (χ3n) is 4.51. The SMILES string of the molecule is COC(=O)CCP(CCC(=O)OC)CCC(=O)OC.O=C(O)CCP(CCC(=O)O)CCC(=O)O. The average molecular weight is 542 g/mol. The predicted octanol–water partition coefficient (Wildman–Crippen LogP) is 2.05. The molecular weight excluding hydrogens is 506 g/mol. The Hall–Kier alpha value is -2.32. The number of carbonyl (C=O) groups excluding carboxylic acids is 3. The number of ether oxygens (including phenoxy) is 3. The highest BCUT2D eigenvalue weighted by atomic mass is 31.1. The van der Waals surface area contributed by atoms with Crippen LogP contribution in [0.5, 0.6) is 0 Å². The Morgan fingerprint density at radius 1 is 0.457 bits per heavy atom. The molecule has 0 aliphatic heterocycles. The zero-order valence-corrected chi connectivity index (χ0v) is 22.2. The van der Waals surface area contributed by atoms with Crippen molar-refractivity contribution in [2.45, 2.75) is 38.5 Å². The quantitative estimate of drug-likeness (QED) is 0.130. The maximum absolute atomic E-state index is 11.1. The Kier molecular flexibility index (Phi) is 22.1. The molecule has 14 heteroatoms. The topological polar surface area (TPSA) is 191 Å². The molecular formula is C21H36O12P2. The molecule has 0 aliphatic carbocycles. The summed E-state index contributed by atoms with van der Waals surface area (Å²) in [5.74, 6) is -3.62. The van der Waals surface area contributed by atoms with Crippen LogP contribution in [0.4, 0.5) is 0 Å². The van der Waals surface area contributed by atoms with Crippen molar-refractivity contribution in [3.63, 3.8) is 0 Å². The van der Waals surface area contributed by atoms with E-state index in [1.807, 2.05) is 0 Å². The molecule has 0 unspecified atom stereocenters. The van der Waals surface area contributed by atoms with E-state index >= 15 is 0 Å². The lowest BCUT2D eigenvalue weighted by molar-refractivity contribution is -0.140. The second-order valence-electron chi connectivity index (χ2n) is 7.09. The average Bonchev–Trinajstić information content (AvgIpc) is 2.82. The summed E-state index contributed by atoms with van der Waals surface area (Å²) in [7, 11) is 2.64. The summed E-state index contributed by atoms with van der Waals surface area (Å²) in [5.41, 5.74) is 0. The van der Waals surface area contributed by atoms with E-state index in [0.717, 1.165) is 0 Å². The number of aliphatic carboxylic acids is 3. The van der Waals surface area contributed by atoms with Gasteiger partial charge in [0.25, 0.3) is 0 Å². The van der Waals surface area contributed by atoms with Gasteiger partial charge in [0.05, 0.1) is 21.3 Å². The molecule has 0 spiro atoms. The van der Waals surface area contributed by atoms with Crippen molar-refractivity contribution in [1.82, 2.24) is 0 Å². The van der Waals surface area contributed by atoms with Crippen molar-refractivity contribution in [2.75, 3.05) is 58.3 Å². The third-order valence-corrected chi connectivity index (χ3v) is 9.64. The van der Waals surface area contributed by atoms with Gasteiger partial charge in [-0.3, -0.25) is 28.8 Å². The normalized spacial score (nSPS) is 10.2. The summed E-state index contributed by atoms with van der Waals surface area (Å²) >= 11 is 0. The molecule has 12 nitrogen and oxygen atoms in total. The first-order valence-corrected chi connectivity index (χ1v) is 14.5. The van der Waals surface area contributed by atoms with Gasteiger partial charge in [-0.1, -0.05) is 0 Å². The number of hydrogen-bond donors (Lipinski definition) is 3. The van der Waals surface area contributed by atoms with E-state index in [1.165, 1.54) is 21.3 Å². The number of methoxy groups -OCH3 is 3. The summed E-state index contributed by atoms with van der Waals surface area (Å²) < 4.78 is 13.7. The lowest BCUT2D eigenvalue weighted by Gasteiger charge is -2.16. The van der Waals surface area contributed by atoms with E-state index < -0.39 is 33.8 Å². The smallest absolute Gasteiger partial charge is 0.305 e. The van der Waals surface area contributed by atoms with E-state index in [-0.39, 0.29) is 37.2 Å². The zero-order valence-electron chi connectivity index (χ0n) is 20.4. The van der Waals surface area contributed by atoms with Crippen molar-refractivity contribution in [2.24, 2.45) is 0 Å².